The van der Waals surface area contributed by atoms with Crippen LogP contribution < -0.4 is 10.7 Å². The van der Waals surface area contributed by atoms with Gasteiger partial charge in [0.1, 0.15) is 12.3 Å². The summed E-state index contributed by atoms with van der Waals surface area (Å²) in [7, 11) is -0.916. The number of aliphatic hydroxyl groups is 1. The van der Waals surface area contributed by atoms with Gasteiger partial charge < -0.3 is 15.3 Å². The summed E-state index contributed by atoms with van der Waals surface area (Å²) in [5, 5.41) is 15.5. The summed E-state index contributed by atoms with van der Waals surface area (Å²) >= 11 is 0. The van der Waals surface area contributed by atoms with Crippen molar-refractivity contribution < 1.29 is 36.7 Å². The Bertz CT molecular complexity index is 1190. The largest absolute Gasteiger partial charge is 0.390 e. The highest BCUT2D eigenvalue weighted by atomic mass is 32.2. The highest BCUT2D eigenvalue weighted by molar-refractivity contribution is 7.89. The van der Waals surface area contributed by atoms with E-state index in [1.54, 1.807) is 9.91 Å². The lowest BCUT2D eigenvalue weighted by Crippen LogP contribution is -2.55. The van der Waals surface area contributed by atoms with Gasteiger partial charge in [-0.05, 0) is 76.5 Å². The van der Waals surface area contributed by atoms with Gasteiger partial charge >= 0.3 is 0 Å². The van der Waals surface area contributed by atoms with Crippen LogP contribution >= 0.6 is 0 Å². The molecule has 0 aromatic rings. The first-order chi connectivity index (χ1) is 24.2. The lowest BCUT2D eigenvalue weighted by molar-refractivity contribution is -0.139. The standard InChI is InChI=1S/C37H67F2N5O6S/c1-6-9-17-44(41-36(47)27-13-11-10-12-14-27)25-34(45)33(20-26-18-30(38)24-31(39)19-26)40-35(46)28-21-29(37(48)43(15-7-2)16-8-3)23-32(22-28)51(49,50)42(4)5/h26-34,45H,6-25H2,1-5H3,(H,40,46)(H,41,47). The monoisotopic (exact) mass is 747 g/mol. The molecule has 0 saturated heterocycles. The fraction of sp³-hybridized carbons (Fsp3) is 0.919. The molecular weight excluding hydrogens is 680 g/mol. The summed E-state index contributed by atoms with van der Waals surface area (Å²) < 4.78 is 57.0. The molecule has 3 aliphatic carbocycles. The summed E-state index contributed by atoms with van der Waals surface area (Å²) in [4.78, 5) is 42.9. The van der Waals surface area contributed by atoms with E-state index in [-0.39, 0.29) is 69.2 Å². The highest BCUT2D eigenvalue weighted by Crippen LogP contribution is 2.37. The van der Waals surface area contributed by atoms with Crippen molar-refractivity contribution in [2.45, 2.75) is 153 Å². The Morgan fingerprint density at radius 2 is 1.39 bits per heavy atom. The minimum absolute atomic E-state index is 0.000636. The molecule has 3 rings (SSSR count). The summed E-state index contributed by atoms with van der Waals surface area (Å²) in [6.45, 7) is 7.55. The van der Waals surface area contributed by atoms with Crippen LogP contribution in [0.1, 0.15) is 124 Å². The van der Waals surface area contributed by atoms with Gasteiger partial charge in [0.2, 0.25) is 27.7 Å². The third-order valence-electron chi connectivity index (χ3n) is 11.1. The fourth-order valence-corrected chi connectivity index (χ4v) is 9.86. The van der Waals surface area contributed by atoms with Crippen LogP contribution in [0.4, 0.5) is 8.78 Å². The van der Waals surface area contributed by atoms with Crippen molar-refractivity contribution in [2.24, 2.45) is 23.7 Å². The van der Waals surface area contributed by atoms with Crippen LogP contribution in [-0.2, 0) is 24.4 Å². The summed E-state index contributed by atoms with van der Waals surface area (Å²) in [6, 6.07) is -0.910. The van der Waals surface area contributed by atoms with Gasteiger partial charge in [0.05, 0.1) is 17.4 Å². The van der Waals surface area contributed by atoms with Gasteiger partial charge in [-0.2, -0.15) is 0 Å². The van der Waals surface area contributed by atoms with E-state index in [1.807, 2.05) is 20.8 Å². The summed E-state index contributed by atoms with van der Waals surface area (Å²) in [6.07, 6.45) is 4.50. The number of rotatable bonds is 19. The molecule has 0 aromatic heterocycles. The molecule has 51 heavy (non-hydrogen) atoms. The van der Waals surface area contributed by atoms with E-state index in [1.165, 1.54) is 14.1 Å². The Hall–Kier alpha value is -1.90. The predicted molar refractivity (Wildman–Crippen MR) is 195 cm³/mol. The van der Waals surface area contributed by atoms with Crippen molar-refractivity contribution in [3.8, 4) is 0 Å². The molecule has 14 heteroatoms. The van der Waals surface area contributed by atoms with E-state index in [0.717, 1.165) is 62.1 Å². The van der Waals surface area contributed by atoms with Gasteiger partial charge in [-0.25, -0.2) is 26.5 Å². The molecule has 0 aromatic carbocycles. The van der Waals surface area contributed by atoms with Gasteiger partial charge in [0.15, 0.2) is 0 Å². The van der Waals surface area contributed by atoms with E-state index < -0.39 is 63.4 Å². The van der Waals surface area contributed by atoms with Gasteiger partial charge in [-0.3, -0.25) is 19.8 Å². The molecule has 3 fully saturated rings. The number of alkyl halides is 2. The fourth-order valence-electron chi connectivity index (χ4n) is 8.31. The molecule has 296 valence electrons. The number of halogens is 2. The second-order valence-electron chi connectivity index (χ2n) is 15.7. The normalized spacial score (nSPS) is 27.6. The number of hydrazine groups is 1. The van der Waals surface area contributed by atoms with Crippen LogP contribution in [0.25, 0.3) is 0 Å². The van der Waals surface area contributed by atoms with Crippen molar-refractivity contribution in [3.63, 3.8) is 0 Å². The molecule has 3 amide bonds. The van der Waals surface area contributed by atoms with Crippen LogP contribution in [0.15, 0.2) is 0 Å². The Morgan fingerprint density at radius 3 is 1.96 bits per heavy atom. The zero-order valence-electron chi connectivity index (χ0n) is 31.8. The first-order valence-corrected chi connectivity index (χ1v) is 21.2. The Balaban J connectivity index is 1.86. The highest BCUT2D eigenvalue weighted by Gasteiger charge is 2.44. The van der Waals surface area contributed by atoms with Crippen LogP contribution in [0.5, 0.6) is 0 Å². The third kappa shape index (κ3) is 13.2. The van der Waals surface area contributed by atoms with Crippen molar-refractivity contribution in [3.05, 3.63) is 0 Å². The Labute approximate surface area is 306 Å². The first-order valence-electron chi connectivity index (χ1n) is 19.7. The molecule has 0 heterocycles. The van der Waals surface area contributed by atoms with Gasteiger partial charge in [-0.1, -0.05) is 46.5 Å². The van der Waals surface area contributed by atoms with Gasteiger partial charge in [0.25, 0.3) is 0 Å². The van der Waals surface area contributed by atoms with Crippen molar-refractivity contribution in [1.82, 2.24) is 25.0 Å². The van der Waals surface area contributed by atoms with E-state index in [2.05, 4.69) is 10.7 Å². The van der Waals surface area contributed by atoms with Gasteiger partial charge in [0, 0.05) is 64.4 Å². The lowest BCUT2D eigenvalue weighted by Gasteiger charge is -2.38. The number of nitrogens with one attached hydrogen (secondary N) is 2. The van der Waals surface area contributed by atoms with E-state index in [4.69, 9.17) is 0 Å². The molecule has 0 radical (unpaired) electrons. The number of carbonyl (C=O) groups is 3. The predicted octanol–water partition coefficient (Wildman–Crippen LogP) is 4.74. The molecule has 0 bridgehead atoms. The Morgan fingerprint density at radius 1 is 0.784 bits per heavy atom. The second-order valence-corrected chi connectivity index (χ2v) is 18.1. The molecule has 0 spiro atoms. The number of nitrogens with zero attached hydrogens (tertiary/aromatic N) is 3. The maximum atomic E-state index is 14.5. The SMILES string of the molecule is CCCCN(CC(O)C(CC1CC(F)CC(F)C1)NC(=O)C1CC(C(=O)N(CCC)CCC)CC(S(=O)(=O)N(C)C)C1)NC(=O)C1CCCCC1. The zero-order chi connectivity index (χ0) is 37.7. The number of amides is 3. The second kappa shape index (κ2) is 21.1. The maximum absolute atomic E-state index is 14.5. The minimum Gasteiger partial charge on any atom is -0.390 e. The van der Waals surface area contributed by atoms with E-state index in [9.17, 15) is 36.7 Å². The third-order valence-corrected chi connectivity index (χ3v) is 13.4. The number of aliphatic hydroxyl groups excluding tert-OH is 1. The maximum Gasteiger partial charge on any atom is 0.237 e. The van der Waals surface area contributed by atoms with Crippen LogP contribution in [0, 0.1) is 23.7 Å². The summed E-state index contributed by atoms with van der Waals surface area (Å²) in [5.74, 6) is -2.75. The molecule has 7 atom stereocenters. The van der Waals surface area contributed by atoms with Crippen LogP contribution in [0.2, 0.25) is 0 Å². The van der Waals surface area contributed by atoms with Crippen molar-refractivity contribution >= 4 is 27.7 Å². The lowest BCUT2D eigenvalue weighted by atomic mass is 9.79. The van der Waals surface area contributed by atoms with Crippen molar-refractivity contribution in [2.75, 3.05) is 40.3 Å². The number of hydrogen-bond acceptors (Lipinski definition) is 7. The average molecular weight is 748 g/mol. The average Bonchev–Trinajstić information content (AvgIpc) is 3.09. The van der Waals surface area contributed by atoms with E-state index in [0.29, 0.717) is 19.6 Å². The minimum atomic E-state index is -3.81. The van der Waals surface area contributed by atoms with Crippen LogP contribution in [-0.4, -0.2) is 115 Å². The quantitative estimate of drug-likeness (QED) is 0.162. The van der Waals surface area contributed by atoms with Gasteiger partial charge in [-0.15, -0.1) is 0 Å². The van der Waals surface area contributed by atoms with Crippen LogP contribution in [0.3, 0.4) is 0 Å². The summed E-state index contributed by atoms with van der Waals surface area (Å²) in [5.41, 5.74) is 3.01. The molecule has 3 aliphatic rings. The number of carbonyl (C=O) groups excluding carboxylic acids is 3. The molecule has 3 N–H and O–H groups in total. The first kappa shape index (κ1) is 43.5. The number of unbranched alkanes of at least 4 members (excludes halogenated alkanes) is 1. The molecule has 3 saturated carbocycles. The molecule has 11 nitrogen and oxygen atoms in total. The Kier molecular flexibility index (Phi) is 18.0. The number of hydrogen-bond donors (Lipinski definition) is 3. The molecule has 7 unspecified atom stereocenters. The zero-order valence-corrected chi connectivity index (χ0v) is 32.6. The van der Waals surface area contributed by atoms with Crippen molar-refractivity contribution in [1.29, 1.82) is 0 Å². The molecule has 0 aliphatic heterocycles. The smallest absolute Gasteiger partial charge is 0.237 e. The van der Waals surface area contributed by atoms with E-state index >= 15 is 0 Å². The molecular formula is C37H67F2N5O6S. The number of sulfonamides is 1. The topological polar surface area (TPSA) is 139 Å².